The van der Waals surface area contributed by atoms with Gasteiger partial charge >= 0.3 is 0 Å². The summed E-state index contributed by atoms with van der Waals surface area (Å²) in [6, 6.07) is 3.87. The van der Waals surface area contributed by atoms with Crippen molar-refractivity contribution in [3.8, 4) is 0 Å². The van der Waals surface area contributed by atoms with Gasteiger partial charge in [0.15, 0.2) is 0 Å². The highest BCUT2D eigenvalue weighted by Crippen LogP contribution is 2.52. The van der Waals surface area contributed by atoms with E-state index < -0.39 is 0 Å². The molecule has 2 heteroatoms. The van der Waals surface area contributed by atoms with E-state index in [1.807, 2.05) is 12.1 Å². The molecule has 13 heavy (non-hydrogen) atoms. The molecule has 0 amide bonds. The third-order valence-corrected chi connectivity index (χ3v) is 3.04. The van der Waals surface area contributed by atoms with Crippen molar-refractivity contribution in [3.05, 3.63) is 24.2 Å². The number of Topliss-reactive ketones (excluding diaryl/α,β-unsaturated/α-hetero) is 1. The van der Waals surface area contributed by atoms with Gasteiger partial charge in [-0.25, -0.2) is 0 Å². The molecule has 68 valence electrons. The lowest BCUT2D eigenvalue weighted by atomic mass is 10.1. The van der Waals surface area contributed by atoms with Gasteiger partial charge in [0.2, 0.25) is 0 Å². The van der Waals surface area contributed by atoms with Crippen molar-refractivity contribution in [1.29, 1.82) is 0 Å². The van der Waals surface area contributed by atoms with Crippen LogP contribution in [0.25, 0.3) is 0 Å². The molecule has 2 unspecified atom stereocenters. The molecule has 0 saturated heterocycles. The number of hydrogen-bond donors (Lipinski definition) is 0. The maximum Gasteiger partial charge on any atom is 0.139 e. The minimum absolute atomic E-state index is 0.290. The minimum atomic E-state index is 0.290. The molecule has 0 aliphatic heterocycles. The molecule has 0 N–H and O–H groups in total. The van der Waals surface area contributed by atoms with E-state index >= 15 is 0 Å². The smallest absolute Gasteiger partial charge is 0.139 e. The van der Waals surface area contributed by atoms with E-state index in [-0.39, 0.29) is 0 Å². The third kappa shape index (κ3) is 1.21. The van der Waals surface area contributed by atoms with Crippen LogP contribution in [0.3, 0.4) is 0 Å². The fraction of sp³-hybridized carbons (Fsp3) is 0.545. The van der Waals surface area contributed by atoms with Crippen LogP contribution in [0.2, 0.25) is 0 Å². The van der Waals surface area contributed by atoms with Gasteiger partial charge in [0.1, 0.15) is 11.5 Å². The standard InChI is InChI=1S/C11H12O2/c12-11(7-3-4-7)9-6-8(9)10-2-1-5-13-10/h1-2,5,7-9H,3-4,6H2. The number of furan rings is 1. The summed E-state index contributed by atoms with van der Waals surface area (Å²) in [4.78, 5) is 11.6. The van der Waals surface area contributed by atoms with Gasteiger partial charge in [-0.3, -0.25) is 4.79 Å². The summed E-state index contributed by atoms with van der Waals surface area (Å²) in [5, 5.41) is 0. The molecule has 2 aliphatic rings. The molecule has 1 heterocycles. The molecule has 1 aromatic rings. The van der Waals surface area contributed by atoms with Crippen LogP contribution in [-0.2, 0) is 4.79 Å². The van der Waals surface area contributed by atoms with Crippen LogP contribution in [0.5, 0.6) is 0 Å². The van der Waals surface area contributed by atoms with E-state index in [0.29, 0.717) is 23.5 Å². The molecular weight excluding hydrogens is 164 g/mol. The second-order valence-corrected chi connectivity index (χ2v) is 4.14. The Morgan fingerprint density at radius 1 is 1.46 bits per heavy atom. The van der Waals surface area contributed by atoms with Crippen LogP contribution in [-0.4, -0.2) is 5.78 Å². The Hall–Kier alpha value is -1.05. The van der Waals surface area contributed by atoms with Crippen molar-refractivity contribution in [3.63, 3.8) is 0 Å². The fourth-order valence-corrected chi connectivity index (χ4v) is 2.00. The van der Waals surface area contributed by atoms with Gasteiger partial charge in [-0.1, -0.05) is 0 Å². The van der Waals surface area contributed by atoms with E-state index in [1.165, 1.54) is 0 Å². The SMILES string of the molecule is O=C(C1CC1)C1CC1c1ccco1. The van der Waals surface area contributed by atoms with Crippen LogP contribution < -0.4 is 0 Å². The lowest BCUT2D eigenvalue weighted by Crippen LogP contribution is -2.03. The zero-order valence-electron chi connectivity index (χ0n) is 7.40. The van der Waals surface area contributed by atoms with Crippen LogP contribution in [0.4, 0.5) is 0 Å². The maximum absolute atomic E-state index is 11.6. The number of carbonyl (C=O) groups excluding carboxylic acids is 1. The lowest BCUT2D eigenvalue weighted by Gasteiger charge is -1.94. The first kappa shape index (κ1) is 7.36. The van der Waals surface area contributed by atoms with Crippen LogP contribution in [0, 0.1) is 11.8 Å². The van der Waals surface area contributed by atoms with E-state index in [4.69, 9.17) is 4.42 Å². The van der Waals surface area contributed by atoms with Gasteiger partial charge in [0, 0.05) is 17.8 Å². The zero-order chi connectivity index (χ0) is 8.84. The molecule has 0 spiro atoms. The zero-order valence-corrected chi connectivity index (χ0v) is 7.40. The van der Waals surface area contributed by atoms with Crippen molar-refractivity contribution >= 4 is 5.78 Å². The summed E-state index contributed by atoms with van der Waals surface area (Å²) in [6.45, 7) is 0. The quantitative estimate of drug-likeness (QED) is 0.707. The molecule has 2 saturated carbocycles. The third-order valence-electron chi connectivity index (χ3n) is 3.04. The number of hydrogen-bond acceptors (Lipinski definition) is 2. The van der Waals surface area contributed by atoms with Crippen molar-refractivity contribution in [2.45, 2.75) is 25.2 Å². The first-order valence-corrected chi connectivity index (χ1v) is 4.93. The average Bonchev–Trinajstić information content (AvgIpc) is 3.05. The predicted molar refractivity (Wildman–Crippen MR) is 47.3 cm³/mol. The minimum Gasteiger partial charge on any atom is -0.469 e. The Morgan fingerprint density at radius 3 is 2.92 bits per heavy atom. The van der Waals surface area contributed by atoms with Crippen LogP contribution >= 0.6 is 0 Å². The maximum atomic E-state index is 11.6. The lowest BCUT2D eigenvalue weighted by molar-refractivity contribution is -0.121. The summed E-state index contributed by atoms with van der Waals surface area (Å²) in [5.41, 5.74) is 0. The Labute approximate surface area is 76.9 Å². The highest BCUT2D eigenvalue weighted by Gasteiger charge is 2.49. The topological polar surface area (TPSA) is 30.2 Å². The Kier molecular flexibility index (Phi) is 1.40. The highest BCUT2D eigenvalue weighted by atomic mass is 16.3. The summed E-state index contributed by atoms with van der Waals surface area (Å²) in [5.74, 6) is 2.59. The van der Waals surface area contributed by atoms with Crippen LogP contribution in [0.1, 0.15) is 30.9 Å². The summed E-state index contributed by atoms with van der Waals surface area (Å²) >= 11 is 0. The number of ketones is 1. The Bertz CT molecular complexity index is 322. The molecular formula is C11H12O2. The van der Waals surface area contributed by atoms with Crippen molar-refractivity contribution in [1.82, 2.24) is 0 Å². The van der Waals surface area contributed by atoms with Crippen molar-refractivity contribution in [2.24, 2.45) is 11.8 Å². The molecule has 0 radical (unpaired) electrons. The van der Waals surface area contributed by atoms with Crippen molar-refractivity contribution in [2.75, 3.05) is 0 Å². The Balaban J connectivity index is 1.69. The normalized spacial score (nSPS) is 31.7. The van der Waals surface area contributed by atoms with Gasteiger partial charge in [0.25, 0.3) is 0 Å². The average molecular weight is 176 g/mol. The molecule has 2 atom stereocenters. The van der Waals surface area contributed by atoms with Gasteiger partial charge < -0.3 is 4.42 Å². The highest BCUT2D eigenvalue weighted by molar-refractivity contribution is 5.88. The van der Waals surface area contributed by atoms with E-state index in [0.717, 1.165) is 25.0 Å². The summed E-state index contributed by atoms with van der Waals surface area (Å²) in [6.07, 6.45) is 4.95. The predicted octanol–water partition coefficient (Wildman–Crippen LogP) is 2.36. The summed E-state index contributed by atoms with van der Waals surface area (Å²) in [7, 11) is 0. The van der Waals surface area contributed by atoms with Crippen molar-refractivity contribution < 1.29 is 9.21 Å². The first-order valence-electron chi connectivity index (χ1n) is 4.93. The molecule has 0 bridgehead atoms. The van der Waals surface area contributed by atoms with E-state index in [1.54, 1.807) is 6.26 Å². The second kappa shape index (κ2) is 2.47. The molecule has 2 nitrogen and oxygen atoms in total. The number of carbonyl (C=O) groups is 1. The van der Waals surface area contributed by atoms with Gasteiger partial charge in [0.05, 0.1) is 6.26 Å². The molecule has 2 aliphatic carbocycles. The monoisotopic (exact) mass is 176 g/mol. The van der Waals surface area contributed by atoms with E-state index in [9.17, 15) is 4.79 Å². The Morgan fingerprint density at radius 2 is 2.31 bits per heavy atom. The van der Waals surface area contributed by atoms with Gasteiger partial charge in [-0.05, 0) is 31.4 Å². The summed E-state index contributed by atoms with van der Waals surface area (Å²) < 4.78 is 5.29. The number of rotatable bonds is 3. The van der Waals surface area contributed by atoms with E-state index in [2.05, 4.69) is 0 Å². The fourth-order valence-electron chi connectivity index (χ4n) is 2.00. The largest absolute Gasteiger partial charge is 0.469 e. The molecule has 3 rings (SSSR count). The van der Waals surface area contributed by atoms with Crippen LogP contribution in [0.15, 0.2) is 22.8 Å². The van der Waals surface area contributed by atoms with Gasteiger partial charge in [-0.2, -0.15) is 0 Å². The second-order valence-electron chi connectivity index (χ2n) is 4.14. The molecule has 2 fully saturated rings. The van der Waals surface area contributed by atoms with Gasteiger partial charge in [-0.15, -0.1) is 0 Å². The molecule has 0 aromatic carbocycles. The molecule has 1 aromatic heterocycles. The first-order chi connectivity index (χ1) is 6.36.